The normalized spacial score (nSPS) is 52.1. The number of carbonyl (C=O) groups is 1. The van der Waals surface area contributed by atoms with Crippen molar-refractivity contribution < 1.29 is 30.3 Å². The standard InChI is InChI=1S/C30H50O6/c1-17(2)9-8-12-29(6,36)18-10-14-28(5)22(18)23(34)24(35)25-26(3)13-11-20(32)27(4,16-31)19(26)15-21(33)30(25,28)7/h9,18-22,24-25,31-33,35-36H,8,10-16H2,1-7H3/t18-,19+,20-,21-,22-,24+,25+,26-,27-,28+,29-,30+/m0/s1. The largest absolute Gasteiger partial charge is 0.396 e. The van der Waals surface area contributed by atoms with Gasteiger partial charge in [0.2, 0.25) is 0 Å². The summed E-state index contributed by atoms with van der Waals surface area (Å²) < 4.78 is 0. The monoisotopic (exact) mass is 506 g/mol. The maximum absolute atomic E-state index is 14.1. The third kappa shape index (κ3) is 3.57. The van der Waals surface area contributed by atoms with Crippen LogP contribution < -0.4 is 0 Å². The van der Waals surface area contributed by atoms with Gasteiger partial charge < -0.3 is 25.5 Å². The first-order chi connectivity index (χ1) is 16.5. The Bertz CT molecular complexity index is 909. The van der Waals surface area contributed by atoms with Gasteiger partial charge in [-0.25, -0.2) is 0 Å². The average molecular weight is 507 g/mol. The van der Waals surface area contributed by atoms with Gasteiger partial charge in [0.1, 0.15) is 6.10 Å². The van der Waals surface area contributed by atoms with E-state index in [9.17, 15) is 30.3 Å². The summed E-state index contributed by atoms with van der Waals surface area (Å²) in [5, 5.41) is 56.5. The highest BCUT2D eigenvalue weighted by atomic mass is 16.3. The number of hydrogen-bond acceptors (Lipinski definition) is 6. The van der Waals surface area contributed by atoms with Crippen LogP contribution in [0.15, 0.2) is 11.6 Å². The molecule has 4 aliphatic rings. The van der Waals surface area contributed by atoms with Crippen molar-refractivity contribution in [3.8, 4) is 0 Å². The molecule has 4 fully saturated rings. The Kier molecular flexibility index (Phi) is 6.96. The van der Waals surface area contributed by atoms with E-state index >= 15 is 0 Å². The van der Waals surface area contributed by atoms with Gasteiger partial charge in [-0.3, -0.25) is 4.79 Å². The fraction of sp³-hybridized carbons (Fsp3) is 0.900. The van der Waals surface area contributed by atoms with Crippen LogP contribution in [0.3, 0.4) is 0 Å². The molecule has 4 aliphatic carbocycles. The number of hydrogen-bond donors (Lipinski definition) is 5. The van der Waals surface area contributed by atoms with Crippen molar-refractivity contribution in [1.82, 2.24) is 0 Å². The topological polar surface area (TPSA) is 118 Å². The molecule has 0 radical (unpaired) electrons. The first kappa shape index (κ1) is 28.2. The zero-order valence-corrected chi connectivity index (χ0v) is 23.4. The lowest BCUT2D eigenvalue weighted by molar-refractivity contribution is -0.283. The quantitative estimate of drug-likeness (QED) is 0.364. The first-order valence-electron chi connectivity index (χ1n) is 14.1. The second-order valence-corrected chi connectivity index (χ2v) is 14.4. The van der Waals surface area contributed by atoms with Crippen LogP contribution in [-0.2, 0) is 4.79 Å². The fourth-order valence-corrected chi connectivity index (χ4v) is 10.0. The molecule has 0 aromatic heterocycles. The number of Topliss-reactive ketones (excluding diaryl/α,β-unsaturated/α-hetero) is 1. The lowest BCUT2D eigenvalue weighted by Crippen LogP contribution is -2.74. The minimum Gasteiger partial charge on any atom is -0.396 e. The molecule has 5 N–H and O–H groups in total. The summed E-state index contributed by atoms with van der Waals surface area (Å²) in [6.07, 6.45) is 3.61. The summed E-state index contributed by atoms with van der Waals surface area (Å²) in [5.41, 5.74) is -2.48. The molecule has 206 valence electrons. The van der Waals surface area contributed by atoms with Crippen molar-refractivity contribution >= 4 is 5.78 Å². The van der Waals surface area contributed by atoms with E-state index in [0.29, 0.717) is 38.5 Å². The molecule has 36 heavy (non-hydrogen) atoms. The Balaban J connectivity index is 1.77. The zero-order valence-electron chi connectivity index (χ0n) is 23.4. The van der Waals surface area contributed by atoms with Crippen molar-refractivity contribution in [3.63, 3.8) is 0 Å². The number of aliphatic hydroxyl groups is 5. The molecular weight excluding hydrogens is 456 g/mol. The number of allylic oxidation sites excluding steroid dienone is 2. The maximum Gasteiger partial charge on any atom is 0.165 e. The SMILES string of the molecule is CC(C)=CCC[C@](C)(O)[C@H]1CC[C@]2(C)[C@@H]1C(=O)[C@@H](O)[C@@H]1[C@@]3(C)CC[C@H](O)[C@@](C)(CO)[C@@H]3C[C@H](O)[C@]12C. The van der Waals surface area contributed by atoms with Crippen LogP contribution >= 0.6 is 0 Å². The Morgan fingerprint density at radius 2 is 1.69 bits per heavy atom. The van der Waals surface area contributed by atoms with E-state index in [1.54, 1.807) is 0 Å². The van der Waals surface area contributed by atoms with Crippen molar-refractivity contribution in [2.75, 3.05) is 6.61 Å². The molecule has 6 nitrogen and oxygen atoms in total. The minimum absolute atomic E-state index is 0.198. The Morgan fingerprint density at radius 3 is 2.28 bits per heavy atom. The second kappa shape index (κ2) is 8.87. The van der Waals surface area contributed by atoms with Gasteiger partial charge in [0.25, 0.3) is 0 Å². The lowest BCUT2D eigenvalue weighted by Gasteiger charge is -2.71. The number of ketones is 1. The molecule has 0 unspecified atom stereocenters. The van der Waals surface area contributed by atoms with Gasteiger partial charge in [-0.15, -0.1) is 0 Å². The molecule has 0 heterocycles. The van der Waals surface area contributed by atoms with Crippen LogP contribution in [0.5, 0.6) is 0 Å². The molecule has 0 aromatic carbocycles. The molecule has 0 saturated heterocycles. The van der Waals surface area contributed by atoms with Crippen molar-refractivity contribution in [3.05, 3.63) is 11.6 Å². The Morgan fingerprint density at radius 1 is 1.06 bits per heavy atom. The Hall–Kier alpha value is -0.790. The van der Waals surface area contributed by atoms with Gasteiger partial charge in [0.05, 0.1) is 24.4 Å². The summed E-state index contributed by atoms with van der Waals surface area (Å²) in [4.78, 5) is 14.1. The molecule has 0 aromatic rings. The molecule has 0 amide bonds. The summed E-state index contributed by atoms with van der Waals surface area (Å²) >= 11 is 0. The van der Waals surface area contributed by atoms with Crippen LogP contribution in [0.2, 0.25) is 0 Å². The van der Waals surface area contributed by atoms with Gasteiger partial charge in [-0.05, 0) is 88.4 Å². The van der Waals surface area contributed by atoms with Gasteiger partial charge in [-0.2, -0.15) is 0 Å². The number of fused-ring (bicyclic) bond motifs is 5. The predicted molar refractivity (Wildman–Crippen MR) is 139 cm³/mol. The second-order valence-electron chi connectivity index (χ2n) is 14.4. The van der Waals surface area contributed by atoms with Crippen LogP contribution in [-0.4, -0.2) is 61.8 Å². The summed E-state index contributed by atoms with van der Waals surface area (Å²) in [5.74, 6) is -1.71. The lowest BCUT2D eigenvalue weighted by atomic mass is 9.34. The summed E-state index contributed by atoms with van der Waals surface area (Å²) in [7, 11) is 0. The van der Waals surface area contributed by atoms with Gasteiger partial charge in [0, 0.05) is 22.7 Å². The third-order valence-electron chi connectivity index (χ3n) is 12.4. The highest BCUT2D eigenvalue weighted by molar-refractivity contribution is 5.88. The van der Waals surface area contributed by atoms with E-state index in [4.69, 9.17) is 0 Å². The van der Waals surface area contributed by atoms with E-state index in [2.05, 4.69) is 26.8 Å². The van der Waals surface area contributed by atoms with Gasteiger partial charge in [-0.1, -0.05) is 39.3 Å². The molecule has 0 spiro atoms. The van der Waals surface area contributed by atoms with Crippen molar-refractivity contribution in [1.29, 1.82) is 0 Å². The molecule has 4 rings (SSSR count). The Labute approximate surface area is 217 Å². The van der Waals surface area contributed by atoms with Gasteiger partial charge >= 0.3 is 0 Å². The van der Waals surface area contributed by atoms with E-state index in [1.165, 1.54) is 5.57 Å². The smallest absolute Gasteiger partial charge is 0.165 e. The molecule has 0 aliphatic heterocycles. The van der Waals surface area contributed by atoms with E-state index in [0.717, 1.165) is 6.42 Å². The van der Waals surface area contributed by atoms with Crippen LogP contribution in [0.1, 0.15) is 93.4 Å². The third-order valence-corrected chi connectivity index (χ3v) is 12.4. The molecule has 4 saturated carbocycles. The van der Waals surface area contributed by atoms with Gasteiger partial charge in [0.15, 0.2) is 5.78 Å². The molecular formula is C30H50O6. The minimum atomic E-state index is -1.25. The predicted octanol–water partition coefficient (Wildman–Crippen LogP) is 3.62. The molecule has 0 bridgehead atoms. The molecule has 12 atom stereocenters. The zero-order chi connectivity index (χ0) is 27.1. The van der Waals surface area contributed by atoms with Crippen LogP contribution in [0.4, 0.5) is 0 Å². The highest BCUT2D eigenvalue weighted by Gasteiger charge is 2.76. The van der Waals surface area contributed by atoms with Crippen LogP contribution in [0, 0.1) is 45.3 Å². The van der Waals surface area contributed by atoms with Crippen molar-refractivity contribution in [2.24, 2.45) is 45.3 Å². The maximum atomic E-state index is 14.1. The number of rotatable bonds is 5. The van der Waals surface area contributed by atoms with E-state index in [1.807, 2.05) is 27.7 Å². The number of carbonyl (C=O) groups excluding carboxylic acids is 1. The summed E-state index contributed by atoms with van der Waals surface area (Å²) in [6.45, 7) is 13.9. The average Bonchev–Trinajstić information content (AvgIpc) is 3.17. The number of aliphatic hydroxyl groups excluding tert-OH is 4. The summed E-state index contributed by atoms with van der Waals surface area (Å²) in [6, 6.07) is 0. The van der Waals surface area contributed by atoms with E-state index < -0.39 is 57.4 Å². The van der Waals surface area contributed by atoms with Crippen LogP contribution in [0.25, 0.3) is 0 Å². The molecule has 6 heteroatoms. The highest BCUT2D eigenvalue weighted by Crippen LogP contribution is 2.75. The van der Waals surface area contributed by atoms with Crippen molar-refractivity contribution in [2.45, 2.75) is 117 Å². The fourth-order valence-electron chi connectivity index (χ4n) is 10.0. The first-order valence-corrected chi connectivity index (χ1v) is 14.1. The van der Waals surface area contributed by atoms with E-state index in [-0.39, 0.29) is 24.2 Å².